The third kappa shape index (κ3) is 4.91. The molecule has 6 nitrogen and oxygen atoms in total. The number of ether oxygens (including phenoxy) is 1. The Balaban J connectivity index is 2.42. The van der Waals surface area contributed by atoms with Gasteiger partial charge >= 0.3 is 12.0 Å². The molecule has 1 atom stereocenters. The number of nitrogens with one attached hydrogen (secondary N) is 2. The van der Waals surface area contributed by atoms with E-state index >= 15 is 0 Å². The first-order valence-corrected chi connectivity index (χ1v) is 7.69. The number of carboxylic acid groups (broad SMARTS) is 1. The SMILES string of the molecule is CSC(C)CCNC(=O)NC1(C(=O)O)CCOCC1. The Hall–Kier alpha value is -0.950. The molecule has 0 aromatic rings. The topological polar surface area (TPSA) is 87.7 Å². The van der Waals surface area contributed by atoms with Gasteiger partial charge in [-0.15, -0.1) is 0 Å². The van der Waals surface area contributed by atoms with Crippen molar-refractivity contribution in [3.63, 3.8) is 0 Å². The van der Waals surface area contributed by atoms with Crippen LogP contribution in [0.1, 0.15) is 26.2 Å². The molecule has 1 saturated heterocycles. The van der Waals surface area contributed by atoms with Gasteiger partial charge in [0.05, 0.1) is 0 Å². The molecule has 0 aromatic carbocycles. The highest BCUT2D eigenvalue weighted by molar-refractivity contribution is 7.99. The summed E-state index contributed by atoms with van der Waals surface area (Å²) in [5, 5.41) is 15.1. The van der Waals surface area contributed by atoms with Crippen LogP contribution in [0.2, 0.25) is 0 Å². The van der Waals surface area contributed by atoms with E-state index in [9.17, 15) is 14.7 Å². The van der Waals surface area contributed by atoms with Crippen molar-refractivity contribution in [3.8, 4) is 0 Å². The minimum Gasteiger partial charge on any atom is -0.480 e. The Morgan fingerprint density at radius 1 is 1.42 bits per heavy atom. The monoisotopic (exact) mass is 290 g/mol. The minimum absolute atomic E-state index is 0.303. The van der Waals surface area contributed by atoms with Gasteiger partial charge in [-0.25, -0.2) is 9.59 Å². The molecule has 1 aliphatic rings. The normalized spacial score (nSPS) is 19.5. The van der Waals surface area contributed by atoms with Gasteiger partial charge in [-0.05, 0) is 12.7 Å². The van der Waals surface area contributed by atoms with Crippen LogP contribution in [0.25, 0.3) is 0 Å². The van der Waals surface area contributed by atoms with Crippen molar-refractivity contribution >= 4 is 23.8 Å². The van der Waals surface area contributed by atoms with Crippen molar-refractivity contribution in [1.29, 1.82) is 0 Å². The maximum absolute atomic E-state index is 11.8. The van der Waals surface area contributed by atoms with E-state index < -0.39 is 17.5 Å². The molecule has 2 amide bonds. The zero-order valence-corrected chi connectivity index (χ0v) is 12.2. The van der Waals surface area contributed by atoms with Crippen LogP contribution in [0.3, 0.4) is 0 Å². The van der Waals surface area contributed by atoms with Crippen LogP contribution < -0.4 is 10.6 Å². The van der Waals surface area contributed by atoms with Crippen LogP contribution in [0.15, 0.2) is 0 Å². The van der Waals surface area contributed by atoms with Crippen LogP contribution >= 0.6 is 11.8 Å². The molecule has 1 unspecified atom stereocenters. The number of thioether (sulfide) groups is 1. The van der Waals surface area contributed by atoms with Gasteiger partial charge in [-0.1, -0.05) is 6.92 Å². The zero-order valence-electron chi connectivity index (χ0n) is 11.4. The summed E-state index contributed by atoms with van der Waals surface area (Å²) >= 11 is 1.73. The number of hydrogen-bond acceptors (Lipinski definition) is 4. The van der Waals surface area contributed by atoms with Crippen molar-refractivity contribution in [2.24, 2.45) is 0 Å². The van der Waals surface area contributed by atoms with Crippen LogP contribution in [-0.2, 0) is 9.53 Å². The van der Waals surface area contributed by atoms with E-state index in [1.807, 2.05) is 6.26 Å². The van der Waals surface area contributed by atoms with E-state index in [0.717, 1.165) is 6.42 Å². The van der Waals surface area contributed by atoms with Gasteiger partial charge in [0.15, 0.2) is 0 Å². The molecule has 3 N–H and O–H groups in total. The van der Waals surface area contributed by atoms with Gasteiger partial charge < -0.3 is 20.5 Å². The average Bonchev–Trinajstić information content (AvgIpc) is 2.39. The first kappa shape index (κ1) is 16.1. The summed E-state index contributed by atoms with van der Waals surface area (Å²) in [5.74, 6) is -0.997. The van der Waals surface area contributed by atoms with Crippen molar-refractivity contribution in [1.82, 2.24) is 10.6 Å². The molecule has 19 heavy (non-hydrogen) atoms. The standard InChI is InChI=1S/C12H22N2O4S/c1-9(19-2)3-6-13-11(17)14-12(10(15)16)4-7-18-8-5-12/h9H,3-8H2,1-2H3,(H,15,16)(H2,13,14,17). The quantitative estimate of drug-likeness (QED) is 0.681. The van der Waals surface area contributed by atoms with Gasteiger partial charge in [0.1, 0.15) is 5.54 Å². The predicted octanol–water partition coefficient (Wildman–Crippen LogP) is 1.06. The van der Waals surface area contributed by atoms with Crippen LogP contribution in [0.5, 0.6) is 0 Å². The van der Waals surface area contributed by atoms with Crippen LogP contribution in [-0.4, -0.2) is 53.9 Å². The number of carbonyl (C=O) groups excluding carboxylic acids is 1. The molecule has 1 rings (SSSR count). The third-order valence-corrected chi connectivity index (χ3v) is 4.39. The number of carbonyl (C=O) groups is 2. The predicted molar refractivity (Wildman–Crippen MR) is 74.5 cm³/mol. The molecule has 1 fully saturated rings. The number of rotatable bonds is 6. The molecule has 0 aliphatic carbocycles. The lowest BCUT2D eigenvalue weighted by molar-refractivity contribution is -0.148. The molecule has 7 heteroatoms. The van der Waals surface area contributed by atoms with Crippen molar-refractivity contribution in [2.75, 3.05) is 26.0 Å². The Morgan fingerprint density at radius 3 is 2.58 bits per heavy atom. The van der Waals surface area contributed by atoms with Gasteiger partial charge in [-0.3, -0.25) is 0 Å². The van der Waals surface area contributed by atoms with E-state index in [1.54, 1.807) is 11.8 Å². The average molecular weight is 290 g/mol. The van der Waals surface area contributed by atoms with E-state index in [0.29, 0.717) is 37.9 Å². The smallest absolute Gasteiger partial charge is 0.329 e. The molecule has 110 valence electrons. The maximum atomic E-state index is 11.8. The summed E-state index contributed by atoms with van der Waals surface area (Å²) < 4.78 is 5.15. The lowest BCUT2D eigenvalue weighted by Gasteiger charge is -2.33. The van der Waals surface area contributed by atoms with E-state index in [1.165, 1.54) is 0 Å². The minimum atomic E-state index is -1.19. The van der Waals surface area contributed by atoms with Crippen molar-refractivity contribution in [2.45, 2.75) is 37.0 Å². The second-order valence-corrected chi connectivity index (χ2v) is 5.99. The second-order valence-electron chi connectivity index (χ2n) is 4.72. The molecule has 1 heterocycles. The molecular weight excluding hydrogens is 268 g/mol. The van der Waals surface area contributed by atoms with Crippen LogP contribution in [0, 0.1) is 0 Å². The van der Waals surface area contributed by atoms with Crippen molar-refractivity contribution < 1.29 is 19.4 Å². The molecule has 0 bridgehead atoms. The number of hydrogen-bond donors (Lipinski definition) is 3. The largest absolute Gasteiger partial charge is 0.480 e. The van der Waals surface area contributed by atoms with E-state index in [2.05, 4.69) is 17.6 Å². The molecule has 0 saturated carbocycles. The molecule has 0 aromatic heterocycles. The highest BCUT2D eigenvalue weighted by Gasteiger charge is 2.41. The van der Waals surface area contributed by atoms with Crippen LogP contribution in [0.4, 0.5) is 4.79 Å². The van der Waals surface area contributed by atoms with E-state index in [-0.39, 0.29) is 0 Å². The van der Waals surface area contributed by atoms with Crippen molar-refractivity contribution in [3.05, 3.63) is 0 Å². The van der Waals surface area contributed by atoms with Gasteiger partial charge in [0, 0.05) is 37.9 Å². The number of carboxylic acids is 1. The fourth-order valence-corrected chi connectivity index (χ4v) is 2.23. The van der Waals surface area contributed by atoms with Gasteiger partial charge in [0.2, 0.25) is 0 Å². The van der Waals surface area contributed by atoms with Gasteiger partial charge in [-0.2, -0.15) is 11.8 Å². The van der Waals surface area contributed by atoms with E-state index in [4.69, 9.17) is 4.74 Å². The summed E-state index contributed by atoms with van der Waals surface area (Å²) in [6.07, 6.45) is 3.48. The first-order valence-electron chi connectivity index (χ1n) is 6.40. The number of aliphatic carboxylic acids is 1. The summed E-state index contributed by atoms with van der Waals surface area (Å²) in [6.45, 7) is 3.34. The lowest BCUT2D eigenvalue weighted by Crippen LogP contribution is -2.59. The third-order valence-electron chi connectivity index (χ3n) is 3.35. The summed E-state index contributed by atoms with van der Waals surface area (Å²) in [4.78, 5) is 23.1. The summed E-state index contributed by atoms with van der Waals surface area (Å²) in [7, 11) is 0. The first-order chi connectivity index (χ1) is 9.00. The Kier molecular flexibility index (Phi) is 6.44. The highest BCUT2D eigenvalue weighted by atomic mass is 32.2. The zero-order chi connectivity index (χ0) is 14.3. The fraction of sp³-hybridized carbons (Fsp3) is 0.833. The maximum Gasteiger partial charge on any atom is 0.329 e. The Labute approximate surface area is 117 Å². The van der Waals surface area contributed by atoms with Gasteiger partial charge in [0.25, 0.3) is 0 Å². The number of urea groups is 1. The molecule has 1 aliphatic heterocycles. The highest BCUT2D eigenvalue weighted by Crippen LogP contribution is 2.20. The lowest BCUT2D eigenvalue weighted by atomic mass is 9.90. The Morgan fingerprint density at radius 2 is 2.05 bits per heavy atom. The summed E-state index contributed by atoms with van der Waals surface area (Å²) in [5.41, 5.74) is -1.19. The fourth-order valence-electron chi connectivity index (χ4n) is 1.88. The molecular formula is C12H22N2O4S. The molecule has 0 spiro atoms. The summed E-state index contributed by atoms with van der Waals surface area (Å²) in [6, 6.07) is -0.419. The number of amides is 2. The second kappa shape index (κ2) is 7.59. The Bertz CT molecular complexity index is 319. The molecule has 0 radical (unpaired) electrons.